The van der Waals surface area contributed by atoms with Gasteiger partial charge in [-0.05, 0) is 42.8 Å². The molecule has 0 radical (unpaired) electrons. The van der Waals surface area contributed by atoms with E-state index in [9.17, 15) is 9.90 Å². The fraction of sp³-hybridized carbons (Fsp3) is 0.944. The molecule has 0 aromatic heterocycles. The standard InChI is InChI=1S/C18H32O2S/c1-4-5-6-7-15(19)9-11-21-13-18-10-8-14(12-16(18)20)17(18,2)3/h14-15,19H,4-13H2,1-3H3/t14-,15+,18-/m1/s1. The molecule has 0 amide bonds. The molecule has 0 unspecified atom stereocenters. The van der Waals surface area contributed by atoms with E-state index in [1.54, 1.807) is 0 Å². The third kappa shape index (κ3) is 3.34. The maximum atomic E-state index is 12.4. The summed E-state index contributed by atoms with van der Waals surface area (Å²) in [4.78, 5) is 12.4. The van der Waals surface area contributed by atoms with E-state index in [2.05, 4.69) is 20.8 Å². The third-order valence-corrected chi connectivity index (χ3v) is 7.45. The van der Waals surface area contributed by atoms with Gasteiger partial charge in [0.25, 0.3) is 0 Å². The van der Waals surface area contributed by atoms with Crippen molar-refractivity contribution in [3.05, 3.63) is 0 Å². The molecule has 0 spiro atoms. The Balaban J connectivity index is 1.72. The summed E-state index contributed by atoms with van der Waals surface area (Å²) in [5, 5.41) is 9.97. The van der Waals surface area contributed by atoms with Gasteiger partial charge in [-0.2, -0.15) is 11.8 Å². The van der Waals surface area contributed by atoms with Crippen molar-refractivity contribution < 1.29 is 9.90 Å². The van der Waals surface area contributed by atoms with Crippen LogP contribution in [0.3, 0.4) is 0 Å². The number of carbonyl (C=O) groups is 1. The summed E-state index contributed by atoms with van der Waals surface area (Å²) < 4.78 is 0. The molecule has 2 aliphatic carbocycles. The highest BCUT2D eigenvalue weighted by molar-refractivity contribution is 7.99. The number of aliphatic hydroxyl groups excluding tert-OH is 1. The topological polar surface area (TPSA) is 37.3 Å². The Labute approximate surface area is 134 Å². The van der Waals surface area contributed by atoms with Crippen molar-refractivity contribution in [3.8, 4) is 0 Å². The first kappa shape index (κ1) is 17.3. The van der Waals surface area contributed by atoms with Crippen LogP contribution in [-0.2, 0) is 4.79 Å². The number of fused-ring (bicyclic) bond motifs is 2. The molecule has 2 bridgehead atoms. The van der Waals surface area contributed by atoms with Crippen molar-refractivity contribution in [1.82, 2.24) is 0 Å². The number of rotatable bonds is 9. The van der Waals surface area contributed by atoms with Gasteiger partial charge in [0.05, 0.1) is 6.10 Å². The van der Waals surface area contributed by atoms with Crippen LogP contribution in [0, 0.1) is 16.7 Å². The summed E-state index contributed by atoms with van der Waals surface area (Å²) in [7, 11) is 0. The molecule has 3 heteroatoms. The summed E-state index contributed by atoms with van der Waals surface area (Å²) in [6, 6.07) is 0. The number of carbonyl (C=O) groups excluding carboxylic acids is 1. The minimum Gasteiger partial charge on any atom is -0.393 e. The average Bonchev–Trinajstić information content (AvgIpc) is 2.78. The van der Waals surface area contributed by atoms with Crippen LogP contribution in [-0.4, -0.2) is 28.5 Å². The van der Waals surface area contributed by atoms with E-state index in [0.29, 0.717) is 11.7 Å². The second-order valence-corrected chi connectivity index (χ2v) is 8.76. The van der Waals surface area contributed by atoms with Crippen LogP contribution in [0.25, 0.3) is 0 Å². The predicted octanol–water partition coefficient (Wildman–Crippen LogP) is 4.45. The van der Waals surface area contributed by atoms with Crippen molar-refractivity contribution in [2.24, 2.45) is 16.7 Å². The van der Waals surface area contributed by atoms with Crippen molar-refractivity contribution in [3.63, 3.8) is 0 Å². The number of hydrogen-bond donors (Lipinski definition) is 1. The predicted molar refractivity (Wildman–Crippen MR) is 90.7 cm³/mol. The monoisotopic (exact) mass is 312 g/mol. The molecule has 21 heavy (non-hydrogen) atoms. The average molecular weight is 313 g/mol. The highest BCUT2D eigenvalue weighted by atomic mass is 32.2. The van der Waals surface area contributed by atoms with Crippen LogP contribution in [0.5, 0.6) is 0 Å². The molecular weight excluding hydrogens is 280 g/mol. The summed E-state index contributed by atoms with van der Waals surface area (Å²) in [6.45, 7) is 6.79. The summed E-state index contributed by atoms with van der Waals surface area (Å²) in [5.41, 5.74) is 0.131. The SMILES string of the molecule is CCCCC[C@H](O)CCSC[C@]12CC[C@H](CC1=O)C2(C)C. The van der Waals surface area contributed by atoms with Crippen molar-refractivity contribution >= 4 is 17.5 Å². The number of Topliss-reactive ketones (excluding diaryl/α,β-unsaturated/α-hetero) is 1. The fourth-order valence-electron chi connectivity index (χ4n) is 4.35. The quantitative estimate of drug-likeness (QED) is 0.639. The van der Waals surface area contributed by atoms with Gasteiger partial charge in [0, 0.05) is 17.6 Å². The molecule has 3 atom stereocenters. The molecule has 2 aliphatic rings. The molecular formula is C18H32O2S. The molecule has 2 fully saturated rings. The fourth-order valence-corrected chi connectivity index (χ4v) is 5.96. The van der Waals surface area contributed by atoms with E-state index < -0.39 is 0 Å². The zero-order valence-corrected chi connectivity index (χ0v) is 14.8. The maximum Gasteiger partial charge on any atom is 0.140 e. The molecule has 2 saturated carbocycles. The molecule has 2 rings (SSSR count). The molecule has 1 N–H and O–H groups in total. The lowest BCUT2D eigenvalue weighted by atomic mass is 9.70. The Morgan fingerprint density at radius 3 is 2.67 bits per heavy atom. The number of hydrogen-bond acceptors (Lipinski definition) is 3. The minimum atomic E-state index is -0.148. The van der Waals surface area contributed by atoms with Crippen LogP contribution in [0.1, 0.15) is 72.1 Å². The summed E-state index contributed by atoms with van der Waals surface area (Å²) in [5.74, 6) is 3.09. The van der Waals surface area contributed by atoms with Gasteiger partial charge in [-0.3, -0.25) is 4.79 Å². The van der Waals surface area contributed by atoms with Gasteiger partial charge in [0.2, 0.25) is 0 Å². The van der Waals surface area contributed by atoms with Gasteiger partial charge in [-0.25, -0.2) is 0 Å². The Hall–Kier alpha value is -0.0200. The molecule has 0 saturated heterocycles. The Morgan fingerprint density at radius 1 is 1.33 bits per heavy atom. The van der Waals surface area contributed by atoms with E-state index in [4.69, 9.17) is 0 Å². The summed E-state index contributed by atoms with van der Waals surface area (Å²) in [6.07, 6.45) is 8.38. The first-order chi connectivity index (χ1) is 9.94. The lowest BCUT2D eigenvalue weighted by Gasteiger charge is -2.36. The largest absolute Gasteiger partial charge is 0.393 e. The Bertz CT molecular complexity index is 366. The van der Waals surface area contributed by atoms with Crippen LogP contribution in [0.2, 0.25) is 0 Å². The molecule has 122 valence electrons. The first-order valence-corrected chi connectivity index (χ1v) is 9.88. The number of ketones is 1. The second-order valence-electron chi connectivity index (χ2n) is 7.66. The number of aliphatic hydroxyl groups is 1. The molecule has 0 heterocycles. The van der Waals surface area contributed by atoms with Crippen molar-refractivity contribution in [2.45, 2.75) is 78.2 Å². The smallest absolute Gasteiger partial charge is 0.140 e. The number of thioether (sulfide) groups is 1. The third-order valence-electron chi connectivity index (χ3n) is 6.22. The van der Waals surface area contributed by atoms with Gasteiger partial charge in [-0.15, -0.1) is 0 Å². The zero-order chi connectivity index (χ0) is 15.5. The van der Waals surface area contributed by atoms with Gasteiger partial charge >= 0.3 is 0 Å². The molecule has 0 aliphatic heterocycles. The van der Waals surface area contributed by atoms with Crippen LogP contribution < -0.4 is 0 Å². The Morgan fingerprint density at radius 2 is 2.10 bits per heavy atom. The van der Waals surface area contributed by atoms with E-state index >= 15 is 0 Å². The Kier molecular flexibility index (Phi) is 5.81. The number of unbranched alkanes of at least 4 members (excludes halogenated alkanes) is 2. The molecule has 0 aromatic carbocycles. The molecule has 2 nitrogen and oxygen atoms in total. The summed E-state index contributed by atoms with van der Waals surface area (Å²) >= 11 is 1.89. The lowest BCUT2D eigenvalue weighted by molar-refractivity contribution is -0.127. The molecule has 0 aromatic rings. The zero-order valence-electron chi connectivity index (χ0n) is 14.0. The lowest BCUT2D eigenvalue weighted by Crippen LogP contribution is -2.38. The van der Waals surface area contributed by atoms with Crippen molar-refractivity contribution in [2.75, 3.05) is 11.5 Å². The maximum absolute atomic E-state index is 12.4. The first-order valence-electron chi connectivity index (χ1n) is 8.73. The highest BCUT2D eigenvalue weighted by Gasteiger charge is 2.63. The minimum absolute atomic E-state index is 0.0600. The highest BCUT2D eigenvalue weighted by Crippen LogP contribution is 2.64. The van der Waals surface area contributed by atoms with Crippen LogP contribution in [0.4, 0.5) is 0 Å². The van der Waals surface area contributed by atoms with Crippen LogP contribution in [0.15, 0.2) is 0 Å². The second kappa shape index (κ2) is 7.04. The van der Waals surface area contributed by atoms with E-state index in [1.807, 2.05) is 11.8 Å². The van der Waals surface area contributed by atoms with E-state index in [0.717, 1.165) is 43.6 Å². The normalized spacial score (nSPS) is 31.8. The van der Waals surface area contributed by atoms with Gasteiger partial charge < -0.3 is 5.11 Å². The van der Waals surface area contributed by atoms with Gasteiger partial charge in [-0.1, -0.05) is 40.0 Å². The van der Waals surface area contributed by atoms with Gasteiger partial charge in [0.1, 0.15) is 5.78 Å². The van der Waals surface area contributed by atoms with Gasteiger partial charge in [0.15, 0.2) is 0 Å². The van der Waals surface area contributed by atoms with E-state index in [-0.39, 0.29) is 16.9 Å². The van der Waals surface area contributed by atoms with Crippen LogP contribution >= 0.6 is 11.8 Å². The van der Waals surface area contributed by atoms with E-state index in [1.165, 1.54) is 19.3 Å². The van der Waals surface area contributed by atoms with Crippen molar-refractivity contribution in [1.29, 1.82) is 0 Å².